The van der Waals surface area contributed by atoms with E-state index < -0.39 is 0 Å². The fourth-order valence-electron chi connectivity index (χ4n) is 2.81. The zero-order chi connectivity index (χ0) is 14.8. The van der Waals surface area contributed by atoms with Crippen LogP contribution >= 0.6 is 11.6 Å². The highest BCUT2D eigenvalue weighted by atomic mass is 35.5. The number of hydrogen-bond donors (Lipinski definition) is 1. The highest BCUT2D eigenvalue weighted by Crippen LogP contribution is 2.31. The number of rotatable bonds is 2. The molecule has 2 nitrogen and oxygen atoms in total. The Kier molecular flexibility index (Phi) is 4.13. The molecule has 2 atom stereocenters. The van der Waals surface area contributed by atoms with Crippen molar-refractivity contribution in [3.05, 3.63) is 64.9 Å². The van der Waals surface area contributed by atoms with Crippen LogP contribution in [0.4, 0.5) is 10.1 Å². The topological polar surface area (TPSA) is 15.3 Å². The van der Waals surface area contributed by atoms with Gasteiger partial charge < -0.3 is 10.2 Å². The van der Waals surface area contributed by atoms with Crippen molar-refractivity contribution in [1.82, 2.24) is 5.32 Å². The smallest absolute Gasteiger partial charge is 0.125 e. The summed E-state index contributed by atoms with van der Waals surface area (Å²) in [5, 5.41) is 4.13. The summed E-state index contributed by atoms with van der Waals surface area (Å²) >= 11 is 6.26. The molecule has 1 heterocycles. The van der Waals surface area contributed by atoms with E-state index in [1.165, 1.54) is 17.7 Å². The summed E-state index contributed by atoms with van der Waals surface area (Å²) in [7, 11) is 0. The van der Waals surface area contributed by atoms with Crippen LogP contribution in [0.25, 0.3) is 0 Å². The van der Waals surface area contributed by atoms with Crippen LogP contribution in [0.5, 0.6) is 0 Å². The molecule has 0 radical (unpaired) electrons. The van der Waals surface area contributed by atoms with E-state index in [2.05, 4.69) is 29.3 Å². The summed E-state index contributed by atoms with van der Waals surface area (Å²) in [6, 6.07) is 15.3. The molecule has 1 aliphatic rings. The van der Waals surface area contributed by atoms with Crippen molar-refractivity contribution in [1.29, 1.82) is 0 Å². The van der Waals surface area contributed by atoms with Gasteiger partial charge in [-0.25, -0.2) is 4.39 Å². The molecular weight excluding hydrogens is 287 g/mol. The second kappa shape index (κ2) is 6.04. The summed E-state index contributed by atoms with van der Waals surface area (Å²) in [6.07, 6.45) is 0. The third-order valence-electron chi connectivity index (χ3n) is 3.99. The SMILES string of the molecule is CC1CNC(c2ccccc2)CN1c1cc(F)ccc1Cl. The molecule has 1 aliphatic heterocycles. The van der Waals surface area contributed by atoms with Crippen molar-refractivity contribution in [2.24, 2.45) is 0 Å². The van der Waals surface area contributed by atoms with Gasteiger partial charge in [0.1, 0.15) is 5.82 Å². The highest BCUT2D eigenvalue weighted by molar-refractivity contribution is 6.33. The summed E-state index contributed by atoms with van der Waals surface area (Å²) in [4.78, 5) is 2.18. The van der Waals surface area contributed by atoms with Crippen LogP contribution in [0.2, 0.25) is 5.02 Å². The summed E-state index contributed by atoms with van der Waals surface area (Å²) < 4.78 is 13.5. The standard InChI is InChI=1S/C17H18ClFN2/c1-12-10-20-16(13-5-3-2-4-6-13)11-21(12)17-9-14(19)7-8-15(17)18/h2-9,12,16,20H,10-11H2,1H3. The number of nitrogens with one attached hydrogen (secondary N) is 1. The van der Waals surface area contributed by atoms with Gasteiger partial charge in [0.25, 0.3) is 0 Å². The molecule has 0 spiro atoms. The molecule has 2 unspecified atom stereocenters. The maximum Gasteiger partial charge on any atom is 0.125 e. The third kappa shape index (κ3) is 3.04. The zero-order valence-corrected chi connectivity index (χ0v) is 12.6. The molecule has 3 rings (SSSR count). The van der Waals surface area contributed by atoms with Crippen LogP contribution in [-0.4, -0.2) is 19.1 Å². The van der Waals surface area contributed by atoms with Crippen LogP contribution in [-0.2, 0) is 0 Å². The molecule has 4 heteroatoms. The fraction of sp³-hybridized carbons (Fsp3) is 0.294. The predicted octanol–water partition coefficient (Wildman–Crippen LogP) is 4.02. The predicted molar refractivity (Wildman–Crippen MR) is 85.4 cm³/mol. The molecule has 2 aromatic carbocycles. The normalized spacial score (nSPS) is 22.3. The van der Waals surface area contributed by atoms with Crippen molar-refractivity contribution < 1.29 is 4.39 Å². The maximum atomic E-state index is 13.5. The van der Waals surface area contributed by atoms with E-state index >= 15 is 0 Å². The molecule has 21 heavy (non-hydrogen) atoms. The highest BCUT2D eigenvalue weighted by Gasteiger charge is 2.27. The Hall–Kier alpha value is -1.58. The van der Waals surface area contributed by atoms with E-state index in [0.29, 0.717) is 5.02 Å². The molecule has 1 N–H and O–H groups in total. The van der Waals surface area contributed by atoms with E-state index in [1.807, 2.05) is 18.2 Å². The van der Waals surface area contributed by atoms with E-state index in [4.69, 9.17) is 11.6 Å². The Bertz CT molecular complexity index is 617. The molecule has 0 bridgehead atoms. The zero-order valence-electron chi connectivity index (χ0n) is 11.9. The molecule has 0 aliphatic carbocycles. The molecule has 0 aromatic heterocycles. The van der Waals surface area contributed by atoms with Gasteiger partial charge in [0, 0.05) is 25.2 Å². The van der Waals surface area contributed by atoms with Crippen LogP contribution in [0.1, 0.15) is 18.5 Å². The minimum Gasteiger partial charge on any atom is -0.364 e. The summed E-state index contributed by atoms with van der Waals surface area (Å²) in [6.45, 7) is 3.73. The van der Waals surface area contributed by atoms with Gasteiger partial charge in [-0.15, -0.1) is 0 Å². The maximum absolute atomic E-state index is 13.5. The molecule has 110 valence electrons. The minimum atomic E-state index is -0.253. The largest absolute Gasteiger partial charge is 0.364 e. The van der Waals surface area contributed by atoms with E-state index in [-0.39, 0.29) is 17.9 Å². The van der Waals surface area contributed by atoms with Gasteiger partial charge in [0.05, 0.1) is 10.7 Å². The van der Waals surface area contributed by atoms with Crippen LogP contribution < -0.4 is 10.2 Å². The number of anilines is 1. The summed E-state index contributed by atoms with van der Waals surface area (Å²) in [5.74, 6) is -0.253. The minimum absolute atomic E-state index is 0.224. The third-order valence-corrected chi connectivity index (χ3v) is 4.31. The van der Waals surface area contributed by atoms with Gasteiger partial charge >= 0.3 is 0 Å². The molecule has 0 amide bonds. The lowest BCUT2D eigenvalue weighted by Gasteiger charge is -2.41. The fourth-order valence-corrected chi connectivity index (χ4v) is 3.04. The molecule has 2 aromatic rings. The number of piperazine rings is 1. The van der Waals surface area contributed by atoms with Crippen molar-refractivity contribution >= 4 is 17.3 Å². The lowest BCUT2D eigenvalue weighted by atomic mass is 10.0. The van der Waals surface area contributed by atoms with Gasteiger partial charge in [-0.2, -0.15) is 0 Å². The van der Waals surface area contributed by atoms with Gasteiger partial charge in [0.2, 0.25) is 0 Å². The second-order valence-corrected chi connectivity index (χ2v) is 5.88. The molecule has 1 saturated heterocycles. The number of hydrogen-bond acceptors (Lipinski definition) is 2. The van der Waals surface area contributed by atoms with Gasteiger partial charge in [0.15, 0.2) is 0 Å². The first-order chi connectivity index (χ1) is 10.1. The number of benzene rings is 2. The lowest BCUT2D eigenvalue weighted by Crippen LogP contribution is -2.51. The Morgan fingerprint density at radius 3 is 2.71 bits per heavy atom. The Labute approximate surface area is 129 Å². The van der Waals surface area contributed by atoms with Crippen LogP contribution in [0.3, 0.4) is 0 Å². The molecular formula is C17H18ClFN2. The van der Waals surface area contributed by atoms with Gasteiger partial charge in [-0.05, 0) is 30.7 Å². The first-order valence-electron chi connectivity index (χ1n) is 7.15. The van der Waals surface area contributed by atoms with E-state index in [0.717, 1.165) is 18.8 Å². The van der Waals surface area contributed by atoms with E-state index in [1.54, 1.807) is 6.07 Å². The number of halogens is 2. The Balaban J connectivity index is 1.89. The average Bonchev–Trinajstić information content (AvgIpc) is 2.51. The van der Waals surface area contributed by atoms with Crippen LogP contribution in [0.15, 0.2) is 48.5 Å². The van der Waals surface area contributed by atoms with Gasteiger partial charge in [-0.1, -0.05) is 41.9 Å². The Morgan fingerprint density at radius 2 is 1.95 bits per heavy atom. The monoisotopic (exact) mass is 304 g/mol. The lowest BCUT2D eigenvalue weighted by molar-refractivity contribution is 0.414. The number of nitrogens with zero attached hydrogens (tertiary/aromatic N) is 1. The summed E-state index contributed by atoms with van der Waals surface area (Å²) in [5.41, 5.74) is 2.01. The van der Waals surface area contributed by atoms with Gasteiger partial charge in [-0.3, -0.25) is 0 Å². The first-order valence-corrected chi connectivity index (χ1v) is 7.53. The first kappa shape index (κ1) is 14.4. The molecule has 1 fully saturated rings. The van der Waals surface area contributed by atoms with Crippen molar-refractivity contribution in [2.45, 2.75) is 19.0 Å². The van der Waals surface area contributed by atoms with Crippen molar-refractivity contribution in [2.75, 3.05) is 18.0 Å². The van der Waals surface area contributed by atoms with Crippen molar-refractivity contribution in [3.8, 4) is 0 Å². The quantitative estimate of drug-likeness (QED) is 0.901. The Morgan fingerprint density at radius 1 is 1.19 bits per heavy atom. The van der Waals surface area contributed by atoms with E-state index in [9.17, 15) is 4.39 Å². The average molecular weight is 305 g/mol. The molecule has 0 saturated carbocycles. The van der Waals surface area contributed by atoms with Crippen molar-refractivity contribution in [3.63, 3.8) is 0 Å². The van der Waals surface area contributed by atoms with Crippen LogP contribution in [0, 0.1) is 5.82 Å². The second-order valence-electron chi connectivity index (χ2n) is 5.47.